The van der Waals surface area contributed by atoms with Gasteiger partial charge in [0.2, 0.25) is 5.91 Å². The quantitative estimate of drug-likeness (QED) is 0.761. The van der Waals surface area contributed by atoms with Crippen molar-refractivity contribution >= 4 is 16.8 Å². The normalized spacial score (nSPS) is 10.8. The molecule has 0 spiro atoms. The van der Waals surface area contributed by atoms with Gasteiger partial charge in [0.25, 0.3) is 5.56 Å². The molecule has 0 aliphatic heterocycles. The molecular weight excluding hydrogens is 320 g/mol. The molecule has 1 amide bonds. The fourth-order valence-electron chi connectivity index (χ4n) is 2.81. The average molecular weight is 340 g/mol. The molecule has 0 aliphatic rings. The molecular formula is C18H20N4O3. The molecule has 3 aromatic rings. The number of rotatable bonds is 5. The van der Waals surface area contributed by atoms with E-state index in [1.54, 1.807) is 25.0 Å². The fourth-order valence-corrected chi connectivity index (χ4v) is 2.81. The maximum absolute atomic E-state index is 12.6. The van der Waals surface area contributed by atoms with E-state index in [2.05, 4.69) is 10.4 Å². The van der Waals surface area contributed by atoms with Gasteiger partial charge >= 0.3 is 0 Å². The Morgan fingerprint density at radius 3 is 2.88 bits per heavy atom. The van der Waals surface area contributed by atoms with E-state index in [0.29, 0.717) is 12.1 Å². The van der Waals surface area contributed by atoms with Gasteiger partial charge in [0.05, 0.1) is 12.8 Å². The minimum Gasteiger partial charge on any atom is -0.497 e. The summed E-state index contributed by atoms with van der Waals surface area (Å²) in [6, 6.07) is 9.28. The highest BCUT2D eigenvalue weighted by molar-refractivity contribution is 5.81. The Morgan fingerprint density at radius 1 is 1.32 bits per heavy atom. The number of carbonyl (C=O) groups excluding carboxylic acids is 1. The minimum atomic E-state index is -0.233. The van der Waals surface area contributed by atoms with Gasteiger partial charge in [0.15, 0.2) is 0 Å². The molecule has 2 heterocycles. The maximum Gasteiger partial charge on any atom is 0.277 e. The number of pyridine rings is 1. The second-order valence-corrected chi connectivity index (χ2v) is 5.85. The number of nitrogens with one attached hydrogen (secondary N) is 1. The van der Waals surface area contributed by atoms with Crippen LogP contribution >= 0.6 is 0 Å². The van der Waals surface area contributed by atoms with E-state index in [-0.39, 0.29) is 18.0 Å². The van der Waals surface area contributed by atoms with Crippen LogP contribution in [0.15, 0.2) is 41.3 Å². The lowest BCUT2D eigenvalue weighted by Gasteiger charge is -2.09. The van der Waals surface area contributed by atoms with Crippen molar-refractivity contribution in [3.05, 3.63) is 58.1 Å². The Bertz CT molecular complexity index is 988. The van der Waals surface area contributed by atoms with E-state index in [4.69, 9.17) is 4.74 Å². The van der Waals surface area contributed by atoms with Gasteiger partial charge in [-0.05, 0) is 30.7 Å². The molecule has 0 fully saturated rings. The number of benzene rings is 1. The molecule has 0 radical (unpaired) electrons. The monoisotopic (exact) mass is 340 g/mol. The molecule has 1 N–H and O–H groups in total. The van der Waals surface area contributed by atoms with Gasteiger partial charge in [-0.25, -0.2) is 0 Å². The van der Waals surface area contributed by atoms with E-state index < -0.39 is 0 Å². The van der Waals surface area contributed by atoms with Gasteiger partial charge in [-0.3, -0.25) is 14.3 Å². The minimum absolute atomic E-state index is 0.0387. The van der Waals surface area contributed by atoms with E-state index in [9.17, 15) is 9.59 Å². The average Bonchev–Trinajstić information content (AvgIpc) is 2.90. The van der Waals surface area contributed by atoms with Crippen LogP contribution in [0.4, 0.5) is 0 Å². The van der Waals surface area contributed by atoms with Crippen molar-refractivity contribution in [2.75, 3.05) is 7.11 Å². The van der Waals surface area contributed by atoms with E-state index in [1.165, 1.54) is 4.57 Å². The number of carbonyl (C=O) groups is 1. The molecule has 3 rings (SSSR count). The number of methoxy groups -OCH3 is 1. The Balaban J connectivity index is 1.72. The molecule has 0 aliphatic carbocycles. The Hall–Kier alpha value is -3.09. The predicted octanol–water partition coefficient (Wildman–Crippen LogP) is 1.37. The van der Waals surface area contributed by atoms with Gasteiger partial charge in [0.1, 0.15) is 17.8 Å². The van der Waals surface area contributed by atoms with E-state index in [0.717, 1.165) is 22.4 Å². The second-order valence-electron chi connectivity index (χ2n) is 5.85. The summed E-state index contributed by atoms with van der Waals surface area (Å²) in [6.45, 7) is 2.19. The molecule has 0 saturated carbocycles. The van der Waals surface area contributed by atoms with E-state index >= 15 is 0 Å². The number of hydrogen-bond donors (Lipinski definition) is 1. The number of aromatic nitrogens is 3. The highest BCUT2D eigenvalue weighted by Crippen LogP contribution is 2.13. The lowest BCUT2D eigenvalue weighted by molar-refractivity contribution is -0.121. The third-order valence-corrected chi connectivity index (χ3v) is 4.09. The number of aryl methyl sites for hydroxylation is 2. The summed E-state index contributed by atoms with van der Waals surface area (Å²) in [7, 11) is 3.32. The molecule has 7 nitrogen and oxygen atoms in total. The van der Waals surface area contributed by atoms with Crippen LogP contribution in [0.1, 0.15) is 11.3 Å². The van der Waals surface area contributed by atoms with Gasteiger partial charge < -0.3 is 14.6 Å². The molecule has 0 atom stereocenters. The molecule has 130 valence electrons. The third-order valence-electron chi connectivity index (χ3n) is 4.09. The third kappa shape index (κ3) is 3.40. The molecule has 0 saturated heterocycles. The predicted molar refractivity (Wildman–Crippen MR) is 94.6 cm³/mol. The highest BCUT2D eigenvalue weighted by Gasteiger charge is 2.12. The first kappa shape index (κ1) is 16.8. The van der Waals surface area contributed by atoms with Crippen LogP contribution in [-0.4, -0.2) is 27.4 Å². The summed E-state index contributed by atoms with van der Waals surface area (Å²) < 4.78 is 8.11. The second kappa shape index (κ2) is 6.80. The maximum atomic E-state index is 12.6. The molecule has 0 unspecified atom stereocenters. The number of fused-ring (bicyclic) bond motifs is 1. The highest BCUT2D eigenvalue weighted by atomic mass is 16.5. The number of nitrogens with zero attached hydrogens (tertiary/aromatic N) is 3. The van der Waals surface area contributed by atoms with Crippen molar-refractivity contribution in [1.82, 2.24) is 19.7 Å². The Morgan fingerprint density at radius 2 is 2.12 bits per heavy atom. The van der Waals surface area contributed by atoms with Crippen LogP contribution in [0.3, 0.4) is 0 Å². The van der Waals surface area contributed by atoms with E-state index in [1.807, 2.05) is 37.3 Å². The van der Waals surface area contributed by atoms with Crippen molar-refractivity contribution in [2.24, 2.45) is 7.05 Å². The summed E-state index contributed by atoms with van der Waals surface area (Å²) in [5, 5.41) is 7.88. The molecule has 7 heteroatoms. The standard InChI is InChI=1S/C18H20N4O3/c1-12-15-7-8-22(18(24)17(15)21(2)20-12)11-16(23)19-10-13-5-4-6-14(9-13)25-3/h4-9H,10-11H2,1-3H3,(H,19,23). The van der Waals surface area contributed by atoms with Crippen LogP contribution in [-0.2, 0) is 24.9 Å². The summed E-state index contributed by atoms with van der Waals surface area (Å²) in [6.07, 6.45) is 1.63. The molecule has 1 aromatic carbocycles. The van der Waals surface area contributed by atoms with Crippen molar-refractivity contribution in [2.45, 2.75) is 20.0 Å². The fraction of sp³-hybridized carbons (Fsp3) is 0.278. The first-order chi connectivity index (χ1) is 12.0. The lowest BCUT2D eigenvalue weighted by atomic mass is 10.2. The zero-order chi connectivity index (χ0) is 18.0. The van der Waals surface area contributed by atoms with Crippen LogP contribution < -0.4 is 15.6 Å². The number of ether oxygens (including phenoxy) is 1. The first-order valence-corrected chi connectivity index (χ1v) is 7.92. The molecule has 25 heavy (non-hydrogen) atoms. The van der Waals surface area contributed by atoms with Crippen LogP contribution in [0.5, 0.6) is 5.75 Å². The molecule has 2 aromatic heterocycles. The van der Waals surface area contributed by atoms with Crippen LogP contribution in [0.2, 0.25) is 0 Å². The molecule has 0 bridgehead atoms. The summed E-state index contributed by atoms with van der Waals surface area (Å²) in [5.41, 5.74) is 2.00. The van der Waals surface area contributed by atoms with Gasteiger partial charge in [-0.2, -0.15) is 5.10 Å². The number of amides is 1. The van der Waals surface area contributed by atoms with Gasteiger partial charge in [-0.15, -0.1) is 0 Å². The summed E-state index contributed by atoms with van der Waals surface area (Å²) in [4.78, 5) is 24.8. The van der Waals surface area contributed by atoms with Crippen molar-refractivity contribution in [1.29, 1.82) is 0 Å². The Labute approximate surface area is 144 Å². The van der Waals surface area contributed by atoms with Crippen LogP contribution in [0.25, 0.3) is 10.9 Å². The van der Waals surface area contributed by atoms with Crippen molar-refractivity contribution < 1.29 is 9.53 Å². The number of hydrogen-bond acceptors (Lipinski definition) is 4. The topological polar surface area (TPSA) is 78.2 Å². The summed E-state index contributed by atoms with van der Waals surface area (Å²) >= 11 is 0. The van der Waals surface area contributed by atoms with Crippen LogP contribution in [0, 0.1) is 6.92 Å². The Kier molecular flexibility index (Phi) is 4.56. The van der Waals surface area contributed by atoms with Gasteiger partial charge in [0, 0.05) is 25.2 Å². The lowest BCUT2D eigenvalue weighted by Crippen LogP contribution is -2.32. The van der Waals surface area contributed by atoms with Crippen molar-refractivity contribution in [3.63, 3.8) is 0 Å². The zero-order valence-corrected chi connectivity index (χ0v) is 14.4. The van der Waals surface area contributed by atoms with Crippen molar-refractivity contribution in [3.8, 4) is 5.75 Å². The summed E-state index contributed by atoms with van der Waals surface area (Å²) in [5.74, 6) is 0.503. The SMILES string of the molecule is COc1cccc(CNC(=O)Cn2ccc3c(C)nn(C)c3c2=O)c1. The smallest absolute Gasteiger partial charge is 0.277 e. The zero-order valence-electron chi connectivity index (χ0n) is 14.4. The van der Waals surface area contributed by atoms with Gasteiger partial charge in [-0.1, -0.05) is 12.1 Å². The largest absolute Gasteiger partial charge is 0.497 e. The first-order valence-electron chi connectivity index (χ1n) is 7.92.